The van der Waals surface area contributed by atoms with E-state index >= 15 is 0 Å². The fraction of sp³-hybridized carbons (Fsp3) is 0.310. The van der Waals surface area contributed by atoms with Crippen molar-refractivity contribution in [1.29, 1.82) is 5.26 Å². The third-order valence-electron chi connectivity index (χ3n) is 6.93. The fourth-order valence-electron chi connectivity index (χ4n) is 5.12. The number of hydrogen-bond donors (Lipinski definition) is 0. The lowest BCUT2D eigenvalue weighted by Gasteiger charge is -2.22. The van der Waals surface area contributed by atoms with Gasteiger partial charge in [-0.3, -0.25) is 4.79 Å². The normalized spacial score (nSPS) is 14.4. The number of fused-ring (bicyclic) bond motifs is 1. The van der Waals surface area contributed by atoms with Crippen LogP contribution in [0.1, 0.15) is 60.8 Å². The number of rotatable bonds is 6. The van der Waals surface area contributed by atoms with Crippen molar-refractivity contribution >= 4 is 17.1 Å². The van der Waals surface area contributed by atoms with Crippen LogP contribution in [0.5, 0.6) is 5.75 Å². The Bertz CT molecular complexity index is 1520. The first kappa shape index (κ1) is 23.6. The van der Waals surface area contributed by atoms with Crippen molar-refractivity contribution in [2.24, 2.45) is 5.10 Å². The van der Waals surface area contributed by atoms with Gasteiger partial charge in [-0.15, -0.1) is 0 Å². The van der Waals surface area contributed by atoms with Gasteiger partial charge in [-0.25, -0.2) is 4.98 Å². The highest BCUT2D eigenvalue weighted by Crippen LogP contribution is 2.32. The van der Waals surface area contributed by atoms with E-state index < -0.39 is 0 Å². The van der Waals surface area contributed by atoms with Crippen LogP contribution in [0.3, 0.4) is 0 Å². The molecule has 0 atom stereocenters. The van der Waals surface area contributed by atoms with E-state index in [1.54, 1.807) is 6.21 Å². The lowest BCUT2D eigenvalue weighted by molar-refractivity contribution is 0.368. The molecule has 0 radical (unpaired) electrons. The van der Waals surface area contributed by atoms with Crippen molar-refractivity contribution in [1.82, 2.24) is 14.2 Å². The molecular weight excluding hydrogens is 450 g/mol. The Kier molecular flexibility index (Phi) is 6.68. The first-order chi connectivity index (χ1) is 17.6. The molecule has 36 heavy (non-hydrogen) atoms. The molecule has 0 bridgehead atoms. The topological polar surface area (TPSA) is 85.2 Å². The van der Waals surface area contributed by atoms with Crippen LogP contribution in [0.2, 0.25) is 0 Å². The quantitative estimate of drug-likeness (QED) is 0.335. The molecule has 0 unspecified atom stereocenters. The molecule has 0 saturated heterocycles. The van der Waals surface area contributed by atoms with Crippen molar-refractivity contribution in [3.05, 3.63) is 87.7 Å². The molecule has 1 saturated carbocycles. The lowest BCUT2D eigenvalue weighted by atomic mass is 9.88. The molecule has 182 valence electrons. The molecule has 2 aromatic heterocycles. The Morgan fingerprint density at radius 3 is 2.61 bits per heavy atom. The Balaban J connectivity index is 1.53. The second-order valence-corrected chi connectivity index (χ2v) is 9.29. The zero-order valence-electron chi connectivity index (χ0n) is 20.6. The number of aromatic nitrogens is 3. The molecule has 0 N–H and O–H groups in total. The molecule has 7 nitrogen and oxygen atoms in total. The van der Waals surface area contributed by atoms with Gasteiger partial charge in [0.25, 0.3) is 5.56 Å². The zero-order chi connectivity index (χ0) is 25.1. The van der Waals surface area contributed by atoms with Gasteiger partial charge in [-0.2, -0.15) is 15.0 Å². The molecular formula is C29H29N5O2. The molecule has 5 rings (SSSR count). The Hall–Kier alpha value is -4.18. The highest BCUT2D eigenvalue weighted by Gasteiger charge is 2.22. The molecule has 0 amide bonds. The van der Waals surface area contributed by atoms with Crippen molar-refractivity contribution in [3.8, 4) is 17.5 Å². The van der Waals surface area contributed by atoms with Crippen LogP contribution in [-0.2, 0) is 0 Å². The van der Waals surface area contributed by atoms with Gasteiger partial charge >= 0.3 is 0 Å². The summed E-state index contributed by atoms with van der Waals surface area (Å²) in [5, 5.41) is 14.0. The molecule has 7 heteroatoms. The Morgan fingerprint density at radius 1 is 1.11 bits per heavy atom. The maximum Gasteiger partial charge on any atom is 0.282 e. The minimum absolute atomic E-state index is 0.0212. The van der Waals surface area contributed by atoms with Gasteiger partial charge in [0, 0.05) is 28.6 Å². The minimum Gasteiger partial charge on any atom is -0.479 e. The lowest BCUT2D eigenvalue weighted by Crippen LogP contribution is -2.25. The third-order valence-corrected chi connectivity index (χ3v) is 6.93. The number of nitriles is 1. The minimum atomic E-state index is -0.126. The van der Waals surface area contributed by atoms with Crippen LogP contribution in [-0.4, -0.2) is 27.0 Å². The summed E-state index contributed by atoms with van der Waals surface area (Å²) in [4.78, 5) is 18.4. The zero-order valence-corrected chi connectivity index (χ0v) is 20.6. The molecule has 2 aromatic carbocycles. The van der Waals surface area contributed by atoms with E-state index in [-0.39, 0.29) is 18.1 Å². The monoisotopic (exact) mass is 479 g/mol. The number of benzene rings is 2. The second kappa shape index (κ2) is 10.2. The van der Waals surface area contributed by atoms with Gasteiger partial charge in [0.2, 0.25) is 0 Å². The SMILES string of the molecule is Cc1cc(C=Nn2c(C3CCCCC3)nc3ccccc3c2=O)c(C)n1-c1ccc(OCC#N)cc1. The summed E-state index contributed by atoms with van der Waals surface area (Å²) < 4.78 is 9.03. The third kappa shape index (κ3) is 4.55. The van der Waals surface area contributed by atoms with Crippen LogP contribution >= 0.6 is 0 Å². The average molecular weight is 480 g/mol. The highest BCUT2D eigenvalue weighted by molar-refractivity contribution is 5.82. The predicted octanol–water partition coefficient (Wildman–Crippen LogP) is 5.64. The van der Waals surface area contributed by atoms with E-state index in [1.165, 1.54) is 11.1 Å². The maximum absolute atomic E-state index is 13.5. The Morgan fingerprint density at radius 2 is 1.86 bits per heavy atom. The van der Waals surface area contributed by atoms with E-state index in [2.05, 4.69) is 10.6 Å². The van der Waals surface area contributed by atoms with Gasteiger partial charge in [0.1, 0.15) is 17.6 Å². The summed E-state index contributed by atoms with van der Waals surface area (Å²) in [7, 11) is 0. The standard InChI is InChI=1S/C29H29N5O2/c1-20-18-23(21(2)33(20)24-12-14-25(15-13-24)36-17-16-30)19-31-34-28(22-8-4-3-5-9-22)32-27-11-7-6-10-26(27)29(34)35/h6-7,10-15,18-19,22H,3-5,8-9,17H2,1-2H3. The van der Waals surface area contributed by atoms with Crippen molar-refractivity contribution in [2.75, 3.05) is 6.61 Å². The van der Waals surface area contributed by atoms with E-state index in [1.807, 2.05) is 68.4 Å². The van der Waals surface area contributed by atoms with Gasteiger partial charge in [-0.1, -0.05) is 31.4 Å². The molecule has 1 aliphatic rings. The van der Waals surface area contributed by atoms with E-state index in [0.717, 1.165) is 59.7 Å². The first-order valence-electron chi connectivity index (χ1n) is 12.4. The van der Waals surface area contributed by atoms with E-state index in [9.17, 15) is 4.79 Å². The van der Waals surface area contributed by atoms with Gasteiger partial charge in [0.05, 0.1) is 17.1 Å². The van der Waals surface area contributed by atoms with Gasteiger partial charge < -0.3 is 9.30 Å². The van der Waals surface area contributed by atoms with E-state index in [0.29, 0.717) is 11.1 Å². The largest absolute Gasteiger partial charge is 0.479 e. The van der Waals surface area contributed by atoms with Crippen LogP contribution in [0.25, 0.3) is 16.6 Å². The molecule has 1 aliphatic carbocycles. The van der Waals surface area contributed by atoms with Crippen molar-refractivity contribution in [3.63, 3.8) is 0 Å². The second-order valence-electron chi connectivity index (χ2n) is 9.29. The van der Waals surface area contributed by atoms with Gasteiger partial charge in [-0.05, 0) is 69.2 Å². The van der Waals surface area contributed by atoms with Crippen LogP contribution in [0.15, 0.2) is 64.5 Å². The summed E-state index contributed by atoms with van der Waals surface area (Å²) in [6, 6.07) is 19.2. The summed E-state index contributed by atoms with van der Waals surface area (Å²) in [5.41, 5.74) is 4.60. The number of hydrogen-bond acceptors (Lipinski definition) is 5. The summed E-state index contributed by atoms with van der Waals surface area (Å²) in [5.74, 6) is 1.65. The highest BCUT2D eigenvalue weighted by atomic mass is 16.5. The number of nitrogens with zero attached hydrogens (tertiary/aromatic N) is 5. The van der Waals surface area contributed by atoms with Crippen LogP contribution < -0.4 is 10.3 Å². The maximum atomic E-state index is 13.5. The Labute approximate surface area is 210 Å². The fourth-order valence-corrected chi connectivity index (χ4v) is 5.12. The molecule has 1 fully saturated rings. The average Bonchev–Trinajstić information content (AvgIpc) is 3.20. The molecule has 4 aromatic rings. The molecule has 0 aliphatic heterocycles. The molecule has 0 spiro atoms. The smallest absolute Gasteiger partial charge is 0.282 e. The predicted molar refractivity (Wildman–Crippen MR) is 141 cm³/mol. The summed E-state index contributed by atoms with van der Waals surface area (Å²) >= 11 is 0. The first-order valence-corrected chi connectivity index (χ1v) is 12.4. The van der Waals surface area contributed by atoms with Gasteiger partial charge in [0.15, 0.2) is 6.61 Å². The summed E-state index contributed by atoms with van der Waals surface area (Å²) in [6.45, 7) is 4.10. The molecule has 2 heterocycles. The van der Waals surface area contributed by atoms with Crippen LogP contribution in [0, 0.1) is 25.2 Å². The van der Waals surface area contributed by atoms with Crippen LogP contribution in [0.4, 0.5) is 0 Å². The van der Waals surface area contributed by atoms with Crippen molar-refractivity contribution < 1.29 is 4.74 Å². The van der Waals surface area contributed by atoms with Crippen molar-refractivity contribution in [2.45, 2.75) is 51.9 Å². The number of aryl methyl sites for hydroxylation is 1. The number of para-hydroxylation sites is 1. The number of ether oxygens (including phenoxy) is 1. The van der Waals surface area contributed by atoms with E-state index in [4.69, 9.17) is 20.1 Å². The summed E-state index contributed by atoms with van der Waals surface area (Å²) in [6.07, 6.45) is 7.37.